The average molecular weight is 368 g/mol. The molecule has 1 aromatic heterocycles. The van der Waals surface area contributed by atoms with Crippen LogP contribution in [0.25, 0.3) is 11.3 Å². The minimum Gasteiger partial charge on any atom is -0.497 e. The number of methoxy groups -OCH3 is 1. The van der Waals surface area contributed by atoms with E-state index >= 15 is 0 Å². The number of hydrogen-bond acceptors (Lipinski definition) is 5. The summed E-state index contributed by atoms with van der Waals surface area (Å²) in [6.07, 6.45) is 0. The molecular weight excluding hydrogens is 348 g/mol. The lowest BCUT2D eigenvalue weighted by molar-refractivity contribution is -0.118. The zero-order valence-corrected chi connectivity index (χ0v) is 15.7. The lowest BCUT2D eigenvalue weighted by Gasteiger charge is -2.07. The predicted molar refractivity (Wildman–Crippen MR) is 104 cm³/mol. The van der Waals surface area contributed by atoms with Crippen molar-refractivity contribution in [2.24, 2.45) is 0 Å². The van der Waals surface area contributed by atoms with Crippen molar-refractivity contribution in [3.05, 3.63) is 59.0 Å². The molecule has 0 bridgehead atoms. The molecule has 26 heavy (non-hydrogen) atoms. The van der Waals surface area contributed by atoms with Crippen LogP contribution in [-0.2, 0) is 4.79 Å². The number of ether oxygens (including phenoxy) is 2. The van der Waals surface area contributed by atoms with Gasteiger partial charge in [-0.3, -0.25) is 10.1 Å². The van der Waals surface area contributed by atoms with E-state index < -0.39 is 0 Å². The third kappa shape index (κ3) is 4.61. The number of amides is 1. The van der Waals surface area contributed by atoms with Crippen molar-refractivity contribution >= 4 is 22.4 Å². The van der Waals surface area contributed by atoms with Crippen LogP contribution < -0.4 is 14.8 Å². The second-order valence-corrected chi connectivity index (χ2v) is 6.79. The summed E-state index contributed by atoms with van der Waals surface area (Å²) >= 11 is 1.37. The fraction of sp³-hybridized carbons (Fsp3) is 0.200. The van der Waals surface area contributed by atoms with Crippen LogP contribution in [0.1, 0.15) is 11.1 Å². The largest absolute Gasteiger partial charge is 0.497 e. The molecule has 0 aliphatic rings. The standard InChI is InChI=1S/C20H20N2O3S/c1-13-7-14(2)9-17(8-13)25-11-19(23)22-20-21-18(12-26-20)15-5-4-6-16(10-15)24-3/h4-10,12H,11H2,1-3H3,(H,21,22,23). The zero-order valence-electron chi connectivity index (χ0n) is 14.9. The van der Waals surface area contributed by atoms with Crippen molar-refractivity contribution in [3.63, 3.8) is 0 Å². The van der Waals surface area contributed by atoms with Crippen molar-refractivity contribution in [2.45, 2.75) is 13.8 Å². The molecule has 0 saturated heterocycles. The Balaban J connectivity index is 1.60. The molecule has 0 unspecified atom stereocenters. The topological polar surface area (TPSA) is 60.5 Å². The van der Waals surface area contributed by atoms with Crippen molar-refractivity contribution in [3.8, 4) is 22.8 Å². The average Bonchev–Trinajstić information content (AvgIpc) is 3.08. The maximum atomic E-state index is 12.1. The lowest BCUT2D eigenvalue weighted by atomic mass is 10.1. The number of rotatable bonds is 6. The molecule has 3 rings (SSSR count). The van der Waals surface area contributed by atoms with Gasteiger partial charge >= 0.3 is 0 Å². The Morgan fingerprint density at radius 1 is 1.12 bits per heavy atom. The number of anilines is 1. The van der Waals surface area contributed by atoms with E-state index in [9.17, 15) is 4.79 Å². The van der Waals surface area contributed by atoms with Crippen LogP contribution in [0.4, 0.5) is 5.13 Å². The van der Waals surface area contributed by atoms with Crippen LogP contribution in [0.5, 0.6) is 11.5 Å². The highest BCUT2D eigenvalue weighted by atomic mass is 32.1. The second kappa shape index (κ2) is 8.01. The Bertz CT molecular complexity index is 901. The van der Waals surface area contributed by atoms with Gasteiger partial charge in [0, 0.05) is 10.9 Å². The van der Waals surface area contributed by atoms with E-state index in [0.29, 0.717) is 10.9 Å². The molecule has 6 heteroatoms. The number of nitrogens with one attached hydrogen (secondary N) is 1. The third-order valence-corrected chi connectivity index (χ3v) is 4.44. The van der Waals surface area contributed by atoms with Crippen molar-refractivity contribution in [1.29, 1.82) is 0 Å². The number of carbonyl (C=O) groups excluding carboxylic acids is 1. The highest BCUT2D eigenvalue weighted by molar-refractivity contribution is 7.14. The quantitative estimate of drug-likeness (QED) is 0.698. The minimum absolute atomic E-state index is 0.0586. The molecule has 2 aromatic carbocycles. The molecule has 3 aromatic rings. The zero-order chi connectivity index (χ0) is 18.5. The SMILES string of the molecule is COc1cccc(-c2csc(NC(=O)COc3cc(C)cc(C)c3)n2)c1. The normalized spacial score (nSPS) is 10.4. The molecule has 1 heterocycles. The molecule has 5 nitrogen and oxygen atoms in total. The predicted octanol–water partition coefficient (Wildman–Crippen LogP) is 4.45. The molecule has 1 amide bonds. The molecule has 0 radical (unpaired) electrons. The van der Waals surface area contributed by atoms with E-state index in [4.69, 9.17) is 9.47 Å². The Kier molecular flexibility index (Phi) is 5.53. The highest BCUT2D eigenvalue weighted by Crippen LogP contribution is 2.27. The van der Waals surface area contributed by atoms with Gasteiger partial charge in [0.1, 0.15) is 11.5 Å². The summed E-state index contributed by atoms with van der Waals surface area (Å²) in [5.74, 6) is 1.22. The number of carbonyl (C=O) groups is 1. The van der Waals surface area contributed by atoms with Gasteiger partial charge in [-0.15, -0.1) is 11.3 Å². The summed E-state index contributed by atoms with van der Waals surface area (Å²) in [7, 11) is 1.63. The number of thiazole rings is 1. The monoisotopic (exact) mass is 368 g/mol. The molecule has 1 N–H and O–H groups in total. The molecule has 0 fully saturated rings. The van der Waals surface area contributed by atoms with Gasteiger partial charge in [0.25, 0.3) is 5.91 Å². The summed E-state index contributed by atoms with van der Waals surface area (Å²) in [6, 6.07) is 13.5. The fourth-order valence-corrected chi connectivity index (χ4v) is 3.30. The Morgan fingerprint density at radius 3 is 2.62 bits per heavy atom. The van der Waals surface area contributed by atoms with Gasteiger partial charge < -0.3 is 9.47 Å². The van der Waals surface area contributed by atoms with Crippen LogP contribution >= 0.6 is 11.3 Å². The molecule has 0 spiro atoms. The van der Waals surface area contributed by atoms with E-state index in [1.54, 1.807) is 7.11 Å². The maximum Gasteiger partial charge on any atom is 0.264 e. The van der Waals surface area contributed by atoms with Crippen molar-refractivity contribution < 1.29 is 14.3 Å². The summed E-state index contributed by atoms with van der Waals surface area (Å²) < 4.78 is 10.8. The van der Waals surface area contributed by atoms with Gasteiger partial charge in [-0.05, 0) is 49.2 Å². The summed E-state index contributed by atoms with van der Waals surface area (Å²) in [5.41, 5.74) is 3.93. The van der Waals surface area contributed by atoms with Crippen LogP contribution in [0.3, 0.4) is 0 Å². The Hall–Kier alpha value is -2.86. The fourth-order valence-electron chi connectivity index (χ4n) is 2.57. The molecule has 0 atom stereocenters. The van der Waals surface area contributed by atoms with Gasteiger partial charge in [-0.2, -0.15) is 0 Å². The number of hydrogen-bond donors (Lipinski definition) is 1. The molecular formula is C20H20N2O3S. The number of nitrogens with zero attached hydrogens (tertiary/aromatic N) is 1. The van der Waals surface area contributed by atoms with Crippen molar-refractivity contribution in [2.75, 3.05) is 19.0 Å². The number of benzene rings is 2. The summed E-state index contributed by atoms with van der Waals surface area (Å²) in [5, 5.41) is 5.21. The maximum absolute atomic E-state index is 12.1. The third-order valence-electron chi connectivity index (χ3n) is 3.68. The van der Waals surface area contributed by atoms with Crippen LogP contribution in [0.15, 0.2) is 47.8 Å². The van der Waals surface area contributed by atoms with Gasteiger partial charge in [0.15, 0.2) is 11.7 Å². The first-order chi connectivity index (χ1) is 12.5. The Morgan fingerprint density at radius 2 is 1.88 bits per heavy atom. The van der Waals surface area contributed by atoms with Gasteiger partial charge in [-0.25, -0.2) is 4.98 Å². The smallest absolute Gasteiger partial charge is 0.264 e. The first-order valence-electron chi connectivity index (χ1n) is 8.14. The molecule has 0 aliphatic carbocycles. The summed E-state index contributed by atoms with van der Waals surface area (Å²) in [4.78, 5) is 16.6. The van der Waals surface area contributed by atoms with Crippen LogP contribution in [-0.4, -0.2) is 24.6 Å². The van der Waals surface area contributed by atoms with Crippen LogP contribution in [0, 0.1) is 13.8 Å². The first kappa shape index (κ1) is 17.9. The van der Waals surface area contributed by atoms with E-state index in [-0.39, 0.29) is 12.5 Å². The van der Waals surface area contributed by atoms with Crippen LogP contribution in [0.2, 0.25) is 0 Å². The number of aryl methyl sites for hydroxylation is 2. The summed E-state index contributed by atoms with van der Waals surface area (Å²) in [6.45, 7) is 3.93. The lowest BCUT2D eigenvalue weighted by Crippen LogP contribution is -2.20. The minimum atomic E-state index is -0.240. The first-order valence-corrected chi connectivity index (χ1v) is 9.02. The van der Waals surface area contributed by atoms with E-state index in [1.165, 1.54) is 11.3 Å². The highest BCUT2D eigenvalue weighted by Gasteiger charge is 2.10. The second-order valence-electron chi connectivity index (χ2n) is 5.93. The van der Waals surface area contributed by atoms with Gasteiger partial charge in [-0.1, -0.05) is 18.2 Å². The van der Waals surface area contributed by atoms with E-state index in [2.05, 4.69) is 16.4 Å². The number of aromatic nitrogens is 1. The Labute approximate surface area is 156 Å². The molecule has 0 saturated carbocycles. The van der Waals surface area contributed by atoms with Gasteiger partial charge in [0.05, 0.1) is 12.8 Å². The van der Waals surface area contributed by atoms with Gasteiger partial charge in [0.2, 0.25) is 0 Å². The van der Waals surface area contributed by atoms with E-state index in [1.807, 2.05) is 55.6 Å². The van der Waals surface area contributed by atoms with Crippen molar-refractivity contribution in [1.82, 2.24) is 4.98 Å². The molecule has 134 valence electrons. The molecule has 0 aliphatic heterocycles. The van der Waals surface area contributed by atoms with E-state index in [0.717, 1.165) is 28.1 Å².